The third kappa shape index (κ3) is 5.37. The van der Waals surface area contributed by atoms with Gasteiger partial charge in [-0.25, -0.2) is 0 Å². The molecule has 0 N–H and O–H groups in total. The van der Waals surface area contributed by atoms with E-state index in [9.17, 15) is 18.0 Å². The van der Waals surface area contributed by atoms with Crippen molar-refractivity contribution in [3.63, 3.8) is 0 Å². The summed E-state index contributed by atoms with van der Waals surface area (Å²) in [6.45, 7) is 7.18. The highest BCUT2D eigenvalue weighted by Gasteiger charge is 2.30. The summed E-state index contributed by atoms with van der Waals surface area (Å²) in [4.78, 5) is 18.8. The first-order valence-corrected chi connectivity index (χ1v) is 10.1. The third-order valence-electron chi connectivity index (χ3n) is 5.41. The van der Waals surface area contributed by atoms with E-state index >= 15 is 0 Å². The van der Waals surface area contributed by atoms with Crippen LogP contribution in [0.15, 0.2) is 36.4 Å². The number of hydrogen-bond donors (Lipinski definition) is 0. The predicted octanol–water partition coefficient (Wildman–Crippen LogP) is 5.36. The number of amides is 1. The molecule has 3 nitrogen and oxygen atoms in total. The standard InChI is InChI=1S/C23H27F3N2O/c1-15(2)22(29)28-9-7-19(8-10-28)21-14-18(11-16(3)27-21)12-17-5-4-6-20(13-17)23(24,25)26/h4-6,11,13-15,19H,7-10,12H2,1-3H3. The largest absolute Gasteiger partial charge is 0.416 e. The van der Waals surface area contributed by atoms with Crippen molar-refractivity contribution >= 4 is 5.91 Å². The quantitative estimate of drug-likeness (QED) is 0.687. The van der Waals surface area contributed by atoms with E-state index < -0.39 is 11.7 Å². The number of aromatic nitrogens is 1. The maximum atomic E-state index is 13.0. The Kier molecular flexibility index (Phi) is 6.30. The zero-order valence-electron chi connectivity index (χ0n) is 17.1. The van der Waals surface area contributed by atoms with E-state index in [4.69, 9.17) is 0 Å². The minimum absolute atomic E-state index is 0.00251. The highest BCUT2D eigenvalue weighted by Crippen LogP contribution is 2.31. The Morgan fingerprint density at radius 3 is 2.45 bits per heavy atom. The van der Waals surface area contributed by atoms with Gasteiger partial charge in [-0.15, -0.1) is 0 Å². The summed E-state index contributed by atoms with van der Waals surface area (Å²) in [6, 6.07) is 9.43. The molecule has 1 aliphatic heterocycles. The number of benzene rings is 1. The van der Waals surface area contributed by atoms with Crippen LogP contribution in [0.4, 0.5) is 13.2 Å². The molecule has 2 aromatic rings. The molecule has 0 radical (unpaired) electrons. The van der Waals surface area contributed by atoms with Gasteiger partial charge in [0, 0.05) is 36.3 Å². The van der Waals surface area contributed by atoms with Crippen LogP contribution in [0.1, 0.15) is 60.7 Å². The molecule has 0 aliphatic carbocycles. The Bertz CT molecular complexity index is 869. The van der Waals surface area contributed by atoms with Crippen LogP contribution in [0, 0.1) is 12.8 Å². The van der Waals surface area contributed by atoms with Crippen LogP contribution in [0.25, 0.3) is 0 Å². The number of alkyl halides is 3. The number of halogens is 3. The maximum absolute atomic E-state index is 13.0. The molecular weight excluding hydrogens is 377 g/mol. The summed E-state index contributed by atoms with van der Waals surface area (Å²) in [6.07, 6.45) is -2.18. The van der Waals surface area contributed by atoms with Gasteiger partial charge in [-0.1, -0.05) is 32.0 Å². The Morgan fingerprint density at radius 2 is 1.83 bits per heavy atom. The number of carbonyl (C=O) groups is 1. The highest BCUT2D eigenvalue weighted by molar-refractivity contribution is 5.78. The number of hydrogen-bond acceptors (Lipinski definition) is 2. The fourth-order valence-corrected chi connectivity index (χ4v) is 3.93. The van der Waals surface area contributed by atoms with Gasteiger partial charge in [0.05, 0.1) is 5.56 Å². The molecule has 1 aromatic carbocycles. The molecule has 0 atom stereocenters. The number of nitrogens with zero attached hydrogens (tertiary/aromatic N) is 2. The molecule has 1 fully saturated rings. The molecule has 2 heterocycles. The number of piperidine rings is 1. The van der Waals surface area contributed by atoms with Gasteiger partial charge >= 0.3 is 6.18 Å². The van der Waals surface area contributed by atoms with Crippen LogP contribution in [0.2, 0.25) is 0 Å². The van der Waals surface area contributed by atoms with E-state index in [-0.39, 0.29) is 17.7 Å². The van der Waals surface area contributed by atoms with Crippen molar-refractivity contribution in [3.8, 4) is 0 Å². The molecule has 156 valence electrons. The van der Waals surface area contributed by atoms with Crippen LogP contribution in [-0.2, 0) is 17.4 Å². The van der Waals surface area contributed by atoms with Gasteiger partial charge in [-0.05, 0) is 55.5 Å². The average Bonchev–Trinajstić information content (AvgIpc) is 2.66. The fraction of sp³-hybridized carbons (Fsp3) is 0.478. The molecule has 6 heteroatoms. The smallest absolute Gasteiger partial charge is 0.342 e. The Morgan fingerprint density at radius 1 is 1.14 bits per heavy atom. The summed E-state index contributed by atoms with van der Waals surface area (Å²) in [5.74, 6) is 0.458. The van der Waals surface area contributed by atoms with Crippen molar-refractivity contribution in [1.29, 1.82) is 0 Å². The summed E-state index contributed by atoms with van der Waals surface area (Å²) in [7, 11) is 0. The maximum Gasteiger partial charge on any atom is 0.416 e. The van der Waals surface area contributed by atoms with E-state index in [0.717, 1.165) is 48.9 Å². The SMILES string of the molecule is Cc1cc(Cc2cccc(C(F)(F)F)c2)cc(C2CCN(C(=O)C(C)C)CC2)n1. The first-order valence-electron chi connectivity index (χ1n) is 10.1. The van der Waals surface area contributed by atoms with Crippen LogP contribution < -0.4 is 0 Å². The molecule has 1 aromatic heterocycles. The van der Waals surface area contributed by atoms with Crippen molar-refractivity contribution < 1.29 is 18.0 Å². The molecule has 1 aliphatic rings. The van der Waals surface area contributed by atoms with Crippen LogP contribution in [0.3, 0.4) is 0 Å². The van der Waals surface area contributed by atoms with Crippen molar-refractivity contribution in [3.05, 3.63) is 64.5 Å². The van der Waals surface area contributed by atoms with Gasteiger partial charge in [0.15, 0.2) is 0 Å². The van der Waals surface area contributed by atoms with Gasteiger partial charge in [0.1, 0.15) is 0 Å². The zero-order chi connectivity index (χ0) is 21.2. The minimum Gasteiger partial charge on any atom is -0.342 e. The van der Waals surface area contributed by atoms with E-state index in [1.54, 1.807) is 6.07 Å². The second-order valence-electron chi connectivity index (χ2n) is 8.17. The topological polar surface area (TPSA) is 33.2 Å². The number of aryl methyl sites for hydroxylation is 1. The van der Waals surface area contributed by atoms with Gasteiger partial charge < -0.3 is 4.90 Å². The molecular formula is C23H27F3N2O. The van der Waals surface area contributed by atoms with Crippen LogP contribution in [-0.4, -0.2) is 28.9 Å². The molecule has 0 spiro atoms. The molecule has 1 saturated heterocycles. The van der Waals surface area contributed by atoms with Gasteiger partial charge in [0.25, 0.3) is 0 Å². The van der Waals surface area contributed by atoms with Crippen molar-refractivity contribution in [2.24, 2.45) is 5.92 Å². The monoisotopic (exact) mass is 404 g/mol. The van der Waals surface area contributed by atoms with Crippen molar-refractivity contribution in [2.45, 2.75) is 52.1 Å². The number of pyridine rings is 1. The molecule has 29 heavy (non-hydrogen) atoms. The summed E-state index contributed by atoms with van der Waals surface area (Å²) < 4.78 is 38.9. The number of rotatable bonds is 4. The van der Waals surface area contributed by atoms with E-state index in [1.165, 1.54) is 12.1 Å². The van der Waals surface area contributed by atoms with Crippen molar-refractivity contribution in [1.82, 2.24) is 9.88 Å². The fourth-order valence-electron chi connectivity index (χ4n) is 3.93. The Hall–Kier alpha value is -2.37. The lowest BCUT2D eigenvalue weighted by atomic mass is 9.90. The van der Waals surface area contributed by atoms with Gasteiger partial charge in [-0.3, -0.25) is 9.78 Å². The highest BCUT2D eigenvalue weighted by atomic mass is 19.4. The summed E-state index contributed by atoms with van der Waals surface area (Å²) in [5, 5.41) is 0. The Labute approximate surface area is 169 Å². The Balaban J connectivity index is 1.74. The van der Waals surface area contributed by atoms with E-state index in [1.807, 2.05) is 37.8 Å². The second-order valence-corrected chi connectivity index (χ2v) is 8.17. The predicted molar refractivity (Wildman–Crippen MR) is 107 cm³/mol. The van der Waals surface area contributed by atoms with E-state index in [0.29, 0.717) is 12.0 Å². The van der Waals surface area contributed by atoms with Gasteiger partial charge in [-0.2, -0.15) is 13.2 Å². The number of carbonyl (C=O) groups excluding carboxylic acids is 1. The second kappa shape index (κ2) is 8.56. The molecule has 0 saturated carbocycles. The third-order valence-corrected chi connectivity index (χ3v) is 5.41. The van der Waals surface area contributed by atoms with Crippen molar-refractivity contribution in [2.75, 3.05) is 13.1 Å². The number of likely N-dealkylation sites (tertiary alicyclic amines) is 1. The lowest BCUT2D eigenvalue weighted by molar-refractivity contribution is -0.137. The molecule has 3 rings (SSSR count). The lowest BCUT2D eigenvalue weighted by Gasteiger charge is -2.33. The summed E-state index contributed by atoms with van der Waals surface area (Å²) in [5.41, 5.74) is 2.82. The lowest BCUT2D eigenvalue weighted by Crippen LogP contribution is -2.40. The van der Waals surface area contributed by atoms with Crippen LogP contribution >= 0.6 is 0 Å². The van der Waals surface area contributed by atoms with E-state index in [2.05, 4.69) is 4.98 Å². The first kappa shape index (κ1) is 21.3. The van der Waals surface area contributed by atoms with Gasteiger partial charge in [0.2, 0.25) is 5.91 Å². The zero-order valence-corrected chi connectivity index (χ0v) is 17.1. The molecule has 0 unspecified atom stereocenters. The average molecular weight is 404 g/mol. The summed E-state index contributed by atoms with van der Waals surface area (Å²) >= 11 is 0. The first-order chi connectivity index (χ1) is 13.6. The molecule has 0 bridgehead atoms. The minimum atomic E-state index is -4.34. The molecule has 1 amide bonds. The van der Waals surface area contributed by atoms with Crippen LogP contribution in [0.5, 0.6) is 0 Å². The normalized spacial score (nSPS) is 15.8.